The summed E-state index contributed by atoms with van der Waals surface area (Å²) >= 11 is 0. The van der Waals surface area contributed by atoms with E-state index >= 15 is 0 Å². The highest BCUT2D eigenvalue weighted by molar-refractivity contribution is 5.85. The molecule has 1 heterocycles. The lowest BCUT2D eigenvalue weighted by Crippen LogP contribution is -2.24. The van der Waals surface area contributed by atoms with Crippen molar-refractivity contribution >= 4 is 23.8 Å². The number of fused-ring (bicyclic) bond motifs is 1. The van der Waals surface area contributed by atoms with Gasteiger partial charge in [0.25, 0.3) is 0 Å². The van der Waals surface area contributed by atoms with Gasteiger partial charge in [0.15, 0.2) is 0 Å². The van der Waals surface area contributed by atoms with Gasteiger partial charge in [-0.15, -0.1) is 12.4 Å². The maximum Gasteiger partial charge on any atom is 0.127 e. The number of halogens is 1. The highest BCUT2D eigenvalue weighted by Gasteiger charge is 2.33. The van der Waals surface area contributed by atoms with Gasteiger partial charge < -0.3 is 21.3 Å². The van der Waals surface area contributed by atoms with E-state index in [-0.39, 0.29) is 18.0 Å². The molecule has 4 nitrogen and oxygen atoms in total. The normalized spacial score (nSPS) is 13.8. The second-order valence-corrected chi connectivity index (χ2v) is 8.01. The number of anilines is 2. The van der Waals surface area contributed by atoms with Crippen molar-refractivity contribution in [3.8, 4) is 11.5 Å². The fourth-order valence-electron chi connectivity index (χ4n) is 3.38. The molecule has 3 rings (SSSR count). The highest BCUT2D eigenvalue weighted by Crippen LogP contribution is 2.43. The maximum atomic E-state index is 9.35. The summed E-state index contributed by atoms with van der Waals surface area (Å²) in [6, 6.07) is 1.69. The van der Waals surface area contributed by atoms with Gasteiger partial charge in [-0.3, -0.25) is 0 Å². The molecule has 150 valence electrons. The summed E-state index contributed by atoms with van der Waals surface area (Å²) < 4.78 is 5.99. The first-order valence-corrected chi connectivity index (χ1v) is 8.99. The SMILES string of the molecule is Cc1c(C)c2c(c(C)c1N)CC(C)(C)O2.Cc1cc(O)c(C)c(C)c1N.Cl. The van der Waals surface area contributed by atoms with E-state index in [4.69, 9.17) is 16.2 Å². The highest BCUT2D eigenvalue weighted by atomic mass is 35.5. The summed E-state index contributed by atoms with van der Waals surface area (Å²) in [5, 5.41) is 9.35. The van der Waals surface area contributed by atoms with Crippen molar-refractivity contribution in [2.24, 2.45) is 0 Å². The first-order chi connectivity index (χ1) is 11.9. The van der Waals surface area contributed by atoms with Crippen molar-refractivity contribution in [1.82, 2.24) is 0 Å². The molecule has 5 heteroatoms. The van der Waals surface area contributed by atoms with Crippen LogP contribution in [0.15, 0.2) is 6.07 Å². The van der Waals surface area contributed by atoms with Gasteiger partial charge >= 0.3 is 0 Å². The molecule has 0 radical (unpaired) electrons. The van der Waals surface area contributed by atoms with Crippen LogP contribution in [0.3, 0.4) is 0 Å². The molecule has 0 unspecified atom stereocenters. The molecule has 27 heavy (non-hydrogen) atoms. The predicted molar refractivity (Wildman–Crippen MR) is 117 cm³/mol. The summed E-state index contributed by atoms with van der Waals surface area (Å²) in [6.45, 7) is 16.2. The molecular formula is C22H33ClN2O2. The van der Waals surface area contributed by atoms with Crippen LogP contribution >= 0.6 is 12.4 Å². The zero-order valence-electron chi connectivity index (χ0n) is 17.7. The van der Waals surface area contributed by atoms with E-state index in [0.717, 1.165) is 45.8 Å². The van der Waals surface area contributed by atoms with E-state index in [9.17, 15) is 5.11 Å². The Kier molecular flexibility index (Phi) is 6.71. The average molecular weight is 393 g/mol. The Morgan fingerprint density at radius 3 is 1.93 bits per heavy atom. The Morgan fingerprint density at radius 2 is 1.37 bits per heavy atom. The van der Waals surface area contributed by atoms with Crippen LogP contribution in [0.5, 0.6) is 11.5 Å². The first-order valence-electron chi connectivity index (χ1n) is 8.99. The molecule has 0 aromatic heterocycles. The van der Waals surface area contributed by atoms with Gasteiger partial charge in [-0.2, -0.15) is 0 Å². The number of ether oxygens (including phenoxy) is 1. The number of benzene rings is 2. The molecule has 0 atom stereocenters. The molecule has 0 fully saturated rings. The molecule has 0 amide bonds. The van der Waals surface area contributed by atoms with Gasteiger partial charge in [0, 0.05) is 23.4 Å². The van der Waals surface area contributed by atoms with Crippen LogP contribution in [-0.2, 0) is 6.42 Å². The van der Waals surface area contributed by atoms with Crippen LogP contribution in [0.2, 0.25) is 0 Å². The van der Waals surface area contributed by atoms with Gasteiger partial charge in [-0.05, 0) is 94.8 Å². The van der Waals surface area contributed by atoms with Gasteiger partial charge in [0.1, 0.15) is 17.1 Å². The topological polar surface area (TPSA) is 81.5 Å². The van der Waals surface area contributed by atoms with Crippen molar-refractivity contribution < 1.29 is 9.84 Å². The molecule has 1 aliphatic heterocycles. The Balaban J connectivity index is 0.000000273. The number of aryl methyl sites for hydroxylation is 1. The van der Waals surface area contributed by atoms with E-state index in [1.807, 2.05) is 20.8 Å². The molecular weight excluding hydrogens is 360 g/mol. The van der Waals surface area contributed by atoms with Crippen molar-refractivity contribution in [3.05, 3.63) is 45.0 Å². The number of aromatic hydroxyl groups is 1. The lowest BCUT2D eigenvalue weighted by Gasteiger charge is -2.18. The maximum absolute atomic E-state index is 9.35. The van der Waals surface area contributed by atoms with E-state index in [2.05, 4.69) is 34.6 Å². The second-order valence-electron chi connectivity index (χ2n) is 8.01. The minimum absolute atomic E-state index is 0. The quantitative estimate of drug-likeness (QED) is 0.423. The van der Waals surface area contributed by atoms with E-state index in [1.54, 1.807) is 6.07 Å². The number of nitrogen functional groups attached to an aromatic ring is 2. The number of rotatable bonds is 0. The zero-order chi connectivity index (χ0) is 20.0. The van der Waals surface area contributed by atoms with Crippen LogP contribution in [0.4, 0.5) is 11.4 Å². The fourth-order valence-corrected chi connectivity index (χ4v) is 3.38. The van der Waals surface area contributed by atoms with E-state index < -0.39 is 0 Å². The monoisotopic (exact) mass is 392 g/mol. The molecule has 0 saturated carbocycles. The summed E-state index contributed by atoms with van der Waals surface area (Å²) in [6.07, 6.45) is 0.958. The van der Waals surface area contributed by atoms with Crippen molar-refractivity contribution in [1.29, 1.82) is 0 Å². The van der Waals surface area contributed by atoms with E-state index in [0.29, 0.717) is 5.75 Å². The Morgan fingerprint density at radius 1 is 0.852 bits per heavy atom. The Bertz CT molecular complexity index is 809. The molecule has 2 aromatic carbocycles. The van der Waals surface area contributed by atoms with Crippen LogP contribution < -0.4 is 16.2 Å². The van der Waals surface area contributed by atoms with E-state index in [1.165, 1.54) is 16.7 Å². The van der Waals surface area contributed by atoms with Crippen LogP contribution in [-0.4, -0.2) is 10.7 Å². The second kappa shape index (κ2) is 7.89. The Hall–Kier alpha value is -2.07. The van der Waals surface area contributed by atoms with Gasteiger partial charge in [0.05, 0.1) is 0 Å². The predicted octanol–water partition coefficient (Wildman–Crippen LogP) is 5.23. The molecule has 1 aliphatic rings. The molecule has 2 aromatic rings. The summed E-state index contributed by atoms with van der Waals surface area (Å²) in [5.74, 6) is 1.39. The standard InChI is InChI=1S/C13H19NO.C9H13NO.ClH/c1-7-8(2)12-10(9(3)11(7)14)6-13(4,5)15-12;1-5-4-8(11)6(2)7(3)9(5)10;/h6,14H2,1-5H3;4,11H,10H2,1-3H3;1H. The number of phenolic OH excluding ortho intramolecular Hbond substituents is 1. The van der Waals surface area contributed by atoms with Crippen LogP contribution in [0, 0.1) is 41.5 Å². The molecule has 0 aliphatic carbocycles. The average Bonchev–Trinajstić information content (AvgIpc) is 2.91. The summed E-state index contributed by atoms with van der Waals surface area (Å²) in [5.41, 5.74) is 21.1. The Labute approximate surface area is 169 Å². The number of phenols is 1. The lowest BCUT2D eigenvalue weighted by molar-refractivity contribution is 0.137. The molecule has 5 N–H and O–H groups in total. The van der Waals surface area contributed by atoms with Crippen molar-refractivity contribution in [3.63, 3.8) is 0 Å². The van der Waals surface area contributed by atoms with Crippen molar-refractivity contribution in [2.75, 3.05) is 11.5 Å². The third kappa shape index (κ3) is 4.27. The number of hydrogen-bond donors (Lipinski definition) is 3. The number of hydrogen-bond acceptors (Lipinski definition) is 4. The van der Waals surface area contributed by atoms with Gasteiger partial charge in [-0.1, -0.05) is 0 Å². The van der Waals surface area contributed by atoms with Gasteiger partial charge in [0.2, 0.25) is 0 Å². The third-order valence-electron chi connectivity index (χ3n) is 5.55. The molecule has 0 saturated heterocycles. The molecule has 0 spiro atoms. The van der Waals surface area contributed by atoms with Crippen LogP contribution in [0.25, 0.3) is 0 Å². The smallest absolute Gasteiger partial charge is 0.127 e. The first kappa shape index (κ1) is 23.0. The summed E-state index contributed by atoms with van der Waals surface area (Å²) in [7, 11) is 0. The third-order valence-corrected chi connectivity index (χ3v) is 5.55. The molecule has 0 bridgehead atoms. The van der Waals surface area contributed by atoms with Crippen LogP contribution in [0.1, 0.15) is 52.8 Å². The zero-order valence-corrected chi connectivity index (χ0v) is 18.5. The minimum atomic E-state index is -0.0852. The minimum Gasteiger partial charge on any atom is -0.508 e. The fraction of sp³-hybridized carbons (Fsp3) is 0.455. The number of nitrogens with two attached hydrogens (primary N) is 2. The van der Waals surface area contributed by atoms with Gasteiger partial charge in [-0.25, -0.2) is 0 Å². The summed E-state index contributed by atoms with van der Waals surface area (Å²) in [4.78, 5) is 0. The largest absolute Gasteiger partial charge is 0.508 e. The lowest BCUT2D eigenvalue weighted by atomic mass is 9.93. The van der Waals surface area contributed by atoms with Crippen molar-refractivity contribution in [2.45, 2.75) is 67.4 Å².